The van der Waals surface area contributed by atoms with Gasteiger partial charge in [0, 0.05) is 18.5 Å². The van der Waals surface area contributed by atoms with Crippen LogP contribution in [0.4, 0.5) is 0 Å². The summed E-state index contributed by atoms with van der Waals surface area (Å²) in [6.07, 6.45) is 5.87. The molecule has 0 radical (unpaired) electrons. The summed E-state index contributed by atoms with van der Waals surface area (Å²) in [5, 5.41) is 21.3. The second kappa shape index (κ2) is 9.73. The van der Waals surface area contributed by atoms with Crippen LogP contribution in [0, 0.1) is 18.3 Å². The summed E-state index contributed by atoms with van der Waals surface area (Å²) in [5.41, 5.74) is 8.96. The first-order valence-corrected chi connectivity index (χ1v) is 12.0. The van der Waals surface area contributed by atoms with Gasteiger partial charge in [0.05, 0.1) is 41.0 Å². The molecule has 11 heteroatoms. The van der Waals surface area contributed by atoms with Crippen molar-refractivity contribution in [2.75, 3.05) is 0 Å². The zero-order chi connectivity index (χ0) is 26.1. The average molecular weight is 499 g/mol. The monoisotopic (exact) mass is 498 g/mol. The Bertz CT molecular complexity index is 1520. The number of nitrogens with one attached hydrogen (secondary N) is 1. The Labute approximate surface area is 212 Å². The van der Waals surface area contributed by atoms with Crippen LogP contribution in [-0.4, -0.2) is 48.5 Å². The molecule has 0 saturated heterocycles. The van der Waals surface area contributed by atoms with Gasteiger partial charge in [-0.3, -0.25) is 14.3 Å². The maximum Gasteiger partial charge on any atom is 0.254 e. The van der Waals surface area contributed by atoms with E-state index in [2.05, 4.69) is 26.6 Å². The highest BCUT2D eigenvalue weighted by molar-refractivity contribution is 5.98. The van der Waals surface area contributed by atoms with Crippen molar-refractivity contribution in [1.29, 1.82) is 5.26 Å². The lowest BCUT2D eigenvalue weighted by molar-refractivity contribution is 0.0881. The summed E-state index contributed by atoms with van der Waals surface area (Å²) in [4.78, 5) is 29.5. The van der Waals surface area contributed by atoms with Gasteiger partial charge in [-0.2, -0.15) is 20.4 Å². The second-order valence-electron chi connectivity index (χ2n) is 9.17. The number of pyridine rings is 1. The van der Waals surface area contributed by atoms with Crippen molar-refractivity contribution >= 4 is 22.8 Å². The van der Waals surface area contributed by atoms with Gasteiger partial charge in [0.25, 0.3) is 11.8 Å². The first kappa shape index (κ1) is 24.0. The molecule has 0 aliphatic heterocycles. The molecule has 1 saturated carbocycles. The van der Waals surface area contributed by atoms with Crippen LogP contribution in [0.25, 0.3) is 16.7 Å². The summed E-state index contributed by atoms with van der Waals surface area (Å²) in [7, 11) is 1.77. The van der Waals surface area contributed by atoms with E-state index in [0.29, 0.717) is 35.0 Å². The number of hydrogen-bond acceptors (Lipinski definition) is 7. The van der Waals surface area contributed by atoms with Crippen LogP contribution >= 0.6 is 0 Å². The molecule has 0 atom stereocenters. The predicted octanol–water partition coefficient (Wildman–Crippen LogP) is 2.55. The highest BCUT2D eigenvalue weighted by Gasteiger charge is 2.27. The van der Waals surface area contributed by atoms with E-state index in [1.54, 1.807) is 59.1 Å². The van der Waals surface area contributed by atoms with Gasteiger partial charge in [-0.1, -0.05) is 0 Å². The van der Waals surface area contributed by atoms with E-state index < -0.39 is 5.91 Å². The Hall–Kier alpha value is -4.72. The molecule has 188 valence electrons. The molecule has 1 fully saturated rings. The number of nitriles is 1. The van der Waals surface area contributed by atoms with Crippen LogP contribution < -0.4 is 15.8 Å². The molecule has 0 spiro atoms. The number of amides is 2. The minimum Gasteiger partial charge on any atom is -0.474 e. The third-order valence-electron chi connectivity index (χ3n) is 6.72. The molecule has 3 N–H and O–H groups in total. The molecule has 3 aromatic heterocycles. The molecule has 4 aromatic rings. The number of hydrogen-bond donors (Lipinski definition) is 2. The summed E-state index contributed by atoms with van der Waals surface area (Å²) in [5.74, 6) is -0.575. The number of nitrogens with zero attached hydrogens (tertiary/aromatic N) is 6. The van der Waals surface area contributed by atoms with Crippen LogP contribution in [0.15, 0.2) is 42.7 Å². The van der Waals surface area contributed by atoms with E-state index in [0.717, 1.165) is 24.2 Å². The Morgan fingerprint density at radius 2 is 1.84 bits per heavy atom. The number of ether oxygens (including phenoxy) is 1. The second-order valence-corrected chi connectivity index (χ2v) is 9.17. The van der Waals surface area contributed by atoms with Crippen molar-refractivity contribution in [1.82, 2.24) is 29.9 Å². The number of rotatable bonds is 6. The van der Waals surface area contributed by atoms with Crippen molar-refractivity contribution < 1.29 is 14.3 Å². The van der Waals surface area contributed by atoms with Gasteiger partial charge < -0.3 is 15.8 Å². The molecule has 37 heavy (non-hydrogen) atoms. The van der Waals surface area contributed by atoms with Gasteiger partial charge in [0.15, 0.2) is 5.65 Å². The van der Waals surface area contributed by atoms with Gasteiger partial charge in [-0.25, -0.2) is 4.68 Å². The van der Waals surface area contributed by atoms with Gasteiger partial charge in [0.2, 0.25) is 5.88 Å². The number of aromatic nitrogens is 5. The van der Waals surface area contributed by atoms with E-state index in [1.165, 1.54) is 0 Å². The predicted molar refractivity (Wildman–Crippen MR) is 134 cm³/mol. The number of primary amides is 1. The zero-order valence-electron chi connectivity index (χ0n) is 20.5. The normalized spacial score (nSPS) is 17.3. The number of nitrogens with two attached hydrogens (primary N) is 1. The molecule has 0 unspecified atom stereocenters. The van der Waals surface area contributed by atoms with Gasteiger partial charge >= 0.3 is 0 Å². The summed E-state index contributed by atoms with van der Waals surface area (Å²) in [6.45, 7) is 1.84. The minimum absolute atomic E-state index is 0.00636. The minimum atomic E-state index is -0.605. The quantitative estimate of drug-likeness (QED) is 0.414. The zero-order valence-corrected chi connectivity index (χ0v) is 20.5. The highest BCUT2D eigenvalue weighted by Crippen LogP contribution is 2.28. The number of benzene rings is 1. The molecular formula is C26H26N8O3. The molecule has 1 aromatic carbocycles. The van der Waals surface area contributed by atoms with Crippen LogP contribution in [0.5, 0.6) is 5.88 Å². The number of fused-ring (bicyclic) bond motifs is 1. The van der Waals surface area contributed by atoms with Crippen molar-refractivity contribution in [2.45, 2.75) is 44.8 Å². The molecule has 1 aliphatic carbocycles. The number of carbonyl (C=O) groups excluding carboxylic acids is 2. The highest BCUT2D eigenvalue weighted by atomic mass is 16.5. The van der Waals surface area contributed by atoms with E-state index in [9.17, 15) is 9.59 Å². The van der Waals surface area contributed by atoms with E-state index in [-0.39, 0.29) is 29.5 Å². The lowest BCUT2D eigenvalue weighted by Gasteiger charge is -2.29. The maximum atomic E-state index is 13.0. The standard InChI is InChI=1S/C26H26N8O3/c1-15-22(14-30-34(15)19-7-3-16(12-27)4-8-19)25(36)31-18-5-9-20(10-6-18)37-26-21(23(28)35)11-17-13-29-33(2)24(17)32-26/h3-4,7-8,11,13-14,18,20H,5-6,9-10H2,1-2H3,(H2,28,35)(H,31,36). The van der Waals surface area contributed by atoms with Crippen molar-refractivity contribution in [3.63, 3.8) is 0 Å². The van der Waals surface area contributed by atoms with E-state index in [1.807, 2.05) is 6.92 Å². The lowest BCUT2D eigenvalue weighted by Crippen LogP contribution is -2.40. The van der Waals surface area contributed by atoms with Crippen LogP contribution in [0.2, 0.25) is 0 Å². The number of aryl methyl sites for hydroxylation is 1. The SMILES string of the molecule is Cc1c(C(=O)NC2CCC(Oc3nc4c(cnn4C)cc3C(N)=O)CC2)cnn1-c1ccc(C#N)cc1. The largest absolute Gasteiger partial charge is 0.474 e. The van der Waals surface area contributed by atoms with Gasteiger partial charge in [-0.15, -0.1) is 0 Å². The van der Waals surface area contributed by atoms with Crippen molar-refractivity contribution in [2.24, 2.45) is 12.8 Å². The Morgan fingerprint density at radius 3 is 2.51 bits per heavy atom. The topological polar surface area (TPSA) is 154 Å². The van der Waals surface area contributed by atoms with Gasteiger partial charge in [-0.05, 0) is 62.9 Å². The fraction of sp³-hybridized carbons (Fsp3) is 0.308. The molecule has 1 aliphatic rings. The smallest absolute Gasteiger partial charge is 0.254 e. The Morgan fingerprint density at radius 1 is 1.11 bits per heavy atom. The third-order valence-corrected chi connectivity index (χ3v) is 6.72. The molecule has 2 amide bonds. The van der Waals surface area contributed by atoms with Crippen LogP contribution in [0.3, 0.4) is 0 Å². The third kappa shape index (κ3) is 4.73. The Balaban J connectivity index is 1.21. The maximum absolute atomic E-state index is 13.0. The molecule has 5 rings (SSSR count). The van der Waals surface area contributed by atoms with Crippen molar-refractivity contribution in [3.05, 3.63) is 65.1 Å². The van der Waals surface area contributed by atoms with Gasteiger partial charge in [0.1, 0.15) is 11.7 Å². The fourth-order valence-electron chi connectivity index (χ4n) is 4.64. The average Bonchev–Trinajstić information content (AvgIpc) is 3.46. The van der Waals surface area contributed by atoms with Crippen LogP contribution in [0.1, 0.15) is 57.7 Å². The molecule has 0 bridgehead atoms. The first-order valence-electron chi connectivity index (χ1n) is 12.0. The van der Waals surface area contributed by atoms with Crippen molar-refractivity contribution in [3.8, 4) is 17.6 Å². The Kier molecular flexibility index (Phi) is 6.31. The fourth-order valence-corrected chi connectivity index (χ4v) is 4.64. The summed E-state index contributed by atoms with van der Waals surface area (Å²) < 4.78 is 9.41. The molecule has 11 nitrogen and oxygen atoms in total. The van der Waals surface area contributed by atoms with E-state index in [4.69, 9.17) is 15.7 Å². The summed E-state index contributed by atoms with van der Waals surface area (Å²) >= 11 is 0. The van der Waals surface area contributed by atoms with E-state index >= 15 is 0 Å². The number of carbonyl (C=O) groups is 2. The molecule has 3 heterocycles. The lowest BCUT2D eigenvalue weighted by atomic mass is 9.92. The first-order chi connectivity index (χ1) is 17.8. The van der Waals surface area contributed by atoms with Crippen LogP contribution in [-0.2, 0) is 7.05 Å². The summed E-state index contributed by atoms with van der Waals surface area (Å²) in [6, 6.07) is 10.8. The molecular weight excluding hydrogens is 472 g/mol.